The van der Waals surface area contributed by atoms with Gasteiger partial charge in [0.15, 0.2) is 11.4 Å². The first kappa shape index (κ1) is 10.3. The Balaban J connectivity index is 1.87. The highest BCUT2D eigenvalue weighted by molar-refractivity contribution is 5.59. The normalized spacial score (nSPS) is 19.2. The zero-order valence-corrected chi connectivity index (χ0v) is 8.94. The van der Waals surface area contributed by atoms with E-state index in [0.29, 0.717) is 17.1 Å². The van der Waals surface area contributed by atoms with Gasteiger partial charge in [0.2, 0.25) is 0 Å². The third-order valence-corrected chi connectivity index (χ3v) is 2.82. The number of halogens is 2. The van der Waals surface area contributed by atoms with E-state index in [2.05, 4.69) is 4.98 Å². The first-order chi connectivity index (χ1) is 8.03. The fraction of sp³-hybridized carbons (Fsp3) is 0.364. The van der Waals surface area contributed by atoms with E-state index in [1.807, 2.05) is 0 Å². The molecule has 2 N–H and O–H groups in total. The minimum Gasteiger partial charge on any atom is -0.486 e. The van der Waals surface area contributed by atoms with Crippen molar-refractivity contribution in [2.24, 2.45) is 0 Å². The van der Waals surface area contributed by atoms with Gasteiger partial charge in [-0.25, -0.2) is 13.8 Å². The van der Waals surface area contributed by atoms with Gasteiger partial charge in [0.25, 0.3) is 5.92 Å². The van der Waals surface area contributed by atoms with Crippen LogP contribution in [0.4, 0.5) is 14.5 Å². The molecule has 1 fully saturated rings. The summed E-state index contributed by atoms with van der Waals surface area (Å²) in [4.78, 5) is 4.10. The maximum Gasteiger partial charge on any atom is 0.255 e. The molecule has 1 aliphatic carbocycles. The second kappa shape index (κ2) is 3.32. The van der Waals surface area contributed by atoms with Gasteiger partial charge >= 0.3 is 0 Å². The first-order valence-corrected chi connectivity index (χ1v) is 5.30. The molecule has 0 amide bonds. The number of hydrogen-bond donors (Lipinski definition) is 1. The number of anilines is 1. The van der Waals surface area contributed by atoms with Gasteiger partial charge in [-0.15, -0.1) is 0 Å². The number of ether oxygens (including phenoxy) is 1. The molecular formula is C11H11F2N3O. The van der Waals surface area contributed by atoms with Crippen LogP contribution < -0.4 is 10.5 Å². The van der Waals surface area contributed by atoms with E-state index in [1.54, 1.807) is 29.1 Å². The highest BCUT2D eigenvalue weighted by Gasteiger charge is 2.47. The van der Waals surface area contributed by atoms with Crippen LogP contribution in [0.25, 0.3) is 5.65 Å². The van der Waals surface area contributed by atoms with Gasteiger partial charge in [-0.2, -0.15) is 0 Å². The molecule has 90 valence electrons. The van der Waals surface area contributed by atoms with Crippen molar-refractivity contribution in [2.45, 2.75) is 24.9 Å². The number of nitrogens with zero attached hydrogens (tertiary/aromatic N) is 2. The Morgan fingerprint density at radius 1 is 1.47 bits per heavy atom. The molecule has 1 saturated carbocycles. The Morgan fingerprint density at radius 2 is 2.24 bits per heavy atom. The lowest BCUT2D eigenvalue weighted by molar-refractivity contribution is -0.134. The molecule has 17 heavy (non-hydrogen) atoms. The van der Waals surface area contributed by atoms with Crippen LogP contribution in [0.1, 0.15) is 12.8 Å². The summed E-state index contributed by atoms with van der Waals surface area (Å²) in [5.41, 5.74) is 6.80. The van der Waals surface area contributed by atoms with Crippen molar-refractivity contribution in [1.29, 1.82) is 0 Å². The third kappa shape index (κ3) is 1.79. The van der Waals surface area contributed by atoms with Crippen LogP contribution in [0, 0.1) is 0 Å². The number of pyridine rings is 1. The zero-order valence-electron chi connectivity index (χ0n) is 8.94. The van der Waals surface area contributed by atoms with Crippen LogP contribution >= 0.6 is 0 Å². The smallest absolute Gasteiger partial charge is 0.255 e. The summed E-state index contributed by atoms with van der Waals surface area (Å²) in [6.07, 6.45) is 4.10. The second-order valence-electron chi connectivity index (χ2n) is 4.30. The van der Waals surface area contributed by atoms with E-state index < -0.39 is 12.0 Å². The molecule has 3 rings (SSSR count). The number of imidazole rings is 1. The molecule has 2 aromatic heterocycles. The van der Waals surface area contributed by atoms with E-state index in [0.717, 1.165) is 0 Å². The zero-order chi connectivity index (χ0) is 12.0. The lowest BCUT2D eigenvalue weighted by atomic mass is 9.91. The Bertz CT molecular complexity index is 559. The quantitative estimate of drug-likeness (QED) is 0.873. The number of aromatic nitrogens is 2. The molecule has 2 heterocycles. The molecule has 0 aromatic carbocycles. The minimum atomic E-state index is -2.59. The molecule has 4 nitrogen and oxygen atoms in total. The van der Waals surface area contributed by atoms with Crippen LogP contribution in [0.2, 0.25) is 0 Å². The topological polar surface area (TPSA) is 52.5 Å². The van der Waals surface area contributed by atoms with Crippen LogP contribution in [-0.2, 0) is 0 Å². The van der Waals surface area contributed by atoms with Gasteiger partial charge in [-0.05, 0) is 0 Å². The number of alkyl halides is 2. The summed E-state index contributed by atoms with van der Waals surface area (Å²) >= 11 is 0. The predicted molar refractivity (Wildman–Crippen MR) is 58.2 cm³/mol. The lowest BCUT2D eigenvalue weighted by Crippen LogP contribution is -2.43. The molecule has 6 heteroatoms. The van der Waals surface area contributed by atoms with Crippen molar-refractivity contribution in [1.82, 2.24) is 9.38 Å². The Labute approximate surface area is 96.0 Å². The van der Waals surface area contributed by atoms with Gasteiger partial charge < -0.3 is 14.9 Å². The maximum absolute atomic E-state index is 12.7. The van der Waals surface area contributed by atoms with E-state index in [4.69, 9.17) is 10.5 Å². The molecule has 0 radical (unpaired) electrons. The first-order valence-electron chi connectivity index (χ1n) is 5.30. The van der Waals surface area contributed by atoms with Crippen molar-refractivity contribution < 1.29 is 13.5 Å². The molecule has 0 atom stereocenters. The minimum absolute atomic E-state index is 0.241. The van der Waals surface area contributed by atoms with E-state index in [1.165, 1.54) is 0 Å². The van der Waals surface area contributed by atoms with Crippen molar-refractivity contribution >= 4 is 11.3 Å². The van der Waals surface area contributed by atoms with Gasteiger partial charge in [-0.3, -0.25) is 0 Å². The summed E-state index contributed by atoms with van der Waals surface area (Å²) in [5, 5.41) is 0. The third-order valence-electron chi connectivity index (χ3n) is 2.82. The molecule has 0 saturated heterocycles. The average Bonchev–Trinajstić information content (AvgIpc) is 2.62. The SMILES string of the molecule is Nc1cc(OC2CC(F)(F)C2)c2nccn2c1. The molecular weight excluding hydrogens is 228 g/mol. The van der Waals surface area contributed by atoms with Crippen LogP contribution in [0.15, 0.2) is 24.7 Å². The Kier molecular flexibility index (Phi) is 2.01. The number of nitrogen functional groups attached to an aromatic ring is 1. The summed E-state index contributed by atoms with van der Waals surface area (Å²) in [5.74, 6) is -2.13. The number of hydrogen-bond acceptors (Lipinski definition) is 3. The number of nitrogens with two attached hydrogens (primary N) is 1. The van der Waals surface area contributed by atoms with Gasteiger partial charge in [0, 0.05) is 37.5 Å². The van der Waals surface area contributed by atoms with Gasteiger partial charge in [-0.1, -0.05) is 0 Å². The largest absolute Gasteiger partial charge is 0.486 e. The predicted octanol–water partition coefficient (Wildman–Crippen LogP) is 2.09. The number of rotatable bonds is 2. The van der Waals surface area contributed by atoms with E-state index in [-0.39, 0.29) is 12.8 Å². The lowest BCUT2D eigenvalue weighted by Gasteiger charge is -2.34. The highest BCUT2D eigenvalue weighted by atomic mass is 19.3. The second-order valence-corrected chi connectivity index (χ2v) is 4.30. The van der Waals surface area contributed by atoms with Gasteiger partial charge in [0.05, 0.1) is 5.69 Å². The van der Waals surface area contributed by atoms with Gasteiger partial charge in [0.1, 0.15) is 6.10 Å². The Hall–Kier alpha value is -1.85. The summed E-state index contributed by atoms with van der Waals surface area (Å²) in [6, 6.07) is 1.61. The molecule has 2 aromatic rings. The van der Waals surface area contributed by atoms with Crippen molar-refractivity contribution in [3.63, 3.8) is 0 Å². The van der Waals surface area contributed by atoms with Crippen LogP contribution in [-0.4, -0.2) is 21.4 Å². The molecule has 0 unspecified atom stereocenters. The summed E-state index contributed by atoms with van der Waals surface area (Å²) in [6.45, 7) is 0. The fourth-order valence-corrected chi connectivity index (χ4v) is 1.98. The maximum atomic E-state index is 12.7. The number of fused-ring (bicyclic) bond motifs is 1. The Morgan fingerprint density at radius 3 is 2.94 bits per heavy atom. The van der Waals surface area contributed by atoms with Crippen molar-refractivity contribution in [3.8, 4) is 5.75 Å². The van der Waals surface area contributed by atoms with E-state index >= 15 is 0 Å². The molecule has 0 spiro atoms. The highest BCUT2D eigenvalue weighted by Crippen LogP contribution is 2.40. The fourth-order valence-electron chi connectivity index (χ4n) is 1.98. The summed E-state index contributed by atoms with van der Waals surface area (Å²) < 4.78 is 32.6. The standard InChI is InChI=1S/C11H11F2N3O/c12-11(13)4-8(5-11)17-9-3-7(14)6-16-2-1-15-10(9)16/h1-3,6,8H,4-5,14H2. The molecule has 0 bridgehead atoms. The van der Waals surface area contributed by atoms with Crippen molar-refractivity contribution in [2.75, 3.05) is 5.73 Å². The van der Waals surface area contributed by atoms with Crippen LogP contribution in [0.3, 0.4) is 0 Å². The van der Waals surface area contributed by atoms with Crippen molar-refractivity contribution in [3.05, 3.63) is 24.7 Å². The molecule has 1 aliphatic rings. The average molecular weight is 239 g/mol. The van der Waals surface area contributed by atoms with E-state index in [9.17, 15) is 8.78 Å². The monoisotopic (exact) mass is 239 g/mol. The summed E-state index contributed by atoms with van der Waals surface area (Å²) in [7, 11) is 0. The molecule has 0 aliphatic heterocycles. The van der Waals surface area contributed by atoms with Crippen LogP contribution in [0.5, 0.6) is 5.75 Å².